The second kappa shape index (κ2) is 3.19. The molecule has 50 valence electrons. The zero-order valence-electron chi connectivity index (χ0n) is 4.79. The van der Waals surface area contributed by atoms with Gasteiger partial charge in [-0.05, 0) is 6.92 Å². The van der Waals surface area contributed by atoms with Crippen LogP contribution in [0, 0.1) is 6.92 Å². The molecule has 0 aromatic carbocycles. The maximum Gasteiger partial charge on any atom is 0.361 e. The van der Waals surface area contributed by atoms with Gasteiger partial charge in [-0.2, -0.15) is 10.1 Å². The highest BCUT2D eigenvalue weighted by molar-refractivity contribution is 5.85. The summed E-state index contributed by atoms with van der Waals surface area (Å²) in [6, 6.07) is 0. The molecule has 0 atom stereocenters. The van der Waals surface area contributed by atoms with Gasteiger partial charge in [0, 0.05) is 0 Å². The van der Waals surface area contributed by atoms with Crippen LogP contribution in [0.1, 0.15) is 5.69 Å². The number of aromatic amines is 1. The Hall–Kier alpha value is -0.900. The number of rotatable bonds is 0. The van der Waals surface area contributed by atoms with E-state index in [1.54, 1.807) is 6.92 Å². The molecule has 0 amide bonds. The van der Waals surface area contributed by atoms with E-state index in [9.17, 15) is 4.79 Å². The molecule has 1 aromatic heterocycles. The van der Waals surface area contributed by atoms with E-state index in [0.29, 0.717) is 5.69 Å². The van der Waals surface area contributed by atoms with E-state index in [-0.39, 0.29) is 12.4 Å². The van der Waals surface area contributed by atoms with Crippen LogP contribution < -0.4 is 5.69 Å². The molecule has 0 aliphatic heterocycles. The zero-order valence-corrected chi connectivity index (χ0v) is 5.60. The van der Waals surface area contributed by atoms with Crippen LogP contribution in [0.3, 0.4) is 0 Å². The van der Waals surface area contributed by atoms with E-state index in [0.717, 1.165) is 0 Å². The number of hydrogen-bond donors (Lipinski definition) is 1. The van der Waals surface area contributed by atoms with Gasteiger partial charge in [0.25, 0.3) is 0 Å². The highest BCUT2D eigenvalue weighted by Crippen LogP contribution is 1.74. The Morgan fingerprint density at radius 3 is 2.67 bits per heavy atom. The number of nitrogens with zero attached hydrogens (tertiary/aromatic N) is 2. The third kappa shape index (κ3) is 2.23. The SMILES string of the molecule is Cc1cn[nH]c(=O)n1.Cl. The smallest absolute Gasteiger partial charge is 0.244 e. The minimum absolute atomic E-state index is 0. The molecule has 0 radical (unpaired) electrons. The Bertz CT molecular complexity index is 233. The molecule has 1 aromatic rings. The average molecular weight is 148 g/mol. The van der Waals surface area contributed by atoms with Crippen LogP contribution in [-0.2, 0) is 0 Å². The number of hydrogen-bond acceptors (Lipinski definition) is 3. The van der Waals surface area contributed by atoms with Crippen molar-refractivity contribution in [2.24, 2.45) is 0 Å². The zero-order chi connectivity index (χ0) is 5.98. The van der Waals surface area contributed by atoms with Gasteiger partial charge < -0.3 is 0 Å². The molecule has 4 nitrogen and oxygen atoms in total. The van der Waals surface area contributed by atoms with E-state index < -0.39 is 5.69 Å². The second-order valence-corrected chi connectivity index (χ2v) is 1.43. The van der Waals surface area contributed by atoms with Crippen molar-refractivity contribution in [1.82, 2.24) is 15.2 Å². The molecule has 1 N–H and O–H groups in total. The number of aryl methyl sites for hydroxylation is 1. The predicted octanol–water partition coefficient (Wildman–Crippen LogP) is -0.105. The fourth-order valence-corrected chi connectivity index (χ4v) is 0.395. The summed E-state index contributed by atoms with van der Waals surface area (Å²) in [5.74, 6) is 0. The molecule has 0 spiro atoms. The molecule has 0 bridgehead atoms. The van der Waals surface area contributed by atoms with Crippen LogP contribution in [0.2, 0.25) is 0 Å². The lowest BCUT2D eigenvalue weighted by atomic mass is 10.6. The van der Waals surface area contributed by atoms with Gasteiger partial charge in [-0.25, -0.2) is 9.89 Å². The lowest BCUT2D eigenvalue weighted by Gasteiger charge is -1.81. The predicted molar refractivity (Wildman–Crippen MR) is 34.6 cm³/mol. The Kier molecular flexibility index (Phi) is 2.87. The molecular weight excluding hydrogens is 142 g/mol. The van der Waals surface area contributed by atoms with Crippen LogP contribution >= 0.6 is 12.4 Å². The molecule has 0 saturated heterocycles. The van der Waals surface area contributed by atoms with Crippen molar-refractivity contribution in [2.75, 3.05) is 0 Å². The summed E-state index contributed by atoms with van der Waals surface area (Å²) < 4.78 is 0. The normalized spacial score (nSPS) is 8.11. The largest absolute Gasteiger partial charge is 0.361 e. The van der Waals surface area contributed by atoms with Crippen molar-refractivity contribution in [1.29, 1.82) is 0 Å². The van der Waals surface area contributed by atoms with Gasteiger partial charge in [0.2, 0.25) is 0 Å². The molecule has 0 unspecified atom stereocenters. The Balaban J connectivity index is 0.000000640. The summed E-state index contributed by atoms with van der Waals surface area (Å²) in [5.41, 5.74) is 0.235. The second-order valence-electron chi connectivity index (χ2n) is 1.43. The molecule has 0 saturated carbocycles. The fourth-order valence-electron chi connectivity index (χ4n) is 0.395. The summed E-state index contributed by atoms with van der Waals surface area (Å²) in [5, 5.41) is 5.64. The van der Waals surface area contributed by atoms with Crippen LogP contribution in [0.4, 0.5) is 0 Å². The number of H-pyrrole nitrogens is 1. The third-order valence-electron chi connectivity index (χ3n) is 0.689. The van der Waals surface area contributed by atoms with Gasteiger partial charge in [0.05, 0.1) is 11.9 Å². The lowest BCUT2D eigenvalue weighted by Crippen LogP contribution is -2.11. The van der Waals surface area contributed by atoms with Gasteiger partial charge in [0.15, 0.2) is 0 Å². The number of aromatic nitrogens is 3. The molecule has 1 rings (SSSR count). The monoisotopic (exact) mass is 147 g/mol. The lowest BCUT2D eigenvalue weighted by molar-refractivity contribution is 0.887. The van der Waals surface area contributed by atoms with Crippen molar-refractivity contribution in [2.45, 2.75) is 6.92 Å². The van der Waals surface area contributed by atoms with Crippen LogP contribution in [0.5, 0.6) is 0 Å². The van der Waals surface area contributed by atoms with Crippen LogP contribution in [0.15, 0.2) is 11.0 Å². The number of nitrogens with one attached hydrogen (secondary N) is 1. The molecular formula is C4H6ClN3O. The minimum Gasteiger partial charge on any atom is -0.244 e. The van der Waals surface area contributed by atoms with Crippen molar-refractivity contribution in [3.05, 3.63) is 22.4 Å². The van der Waals surface area contributed by atoms with E-state index >= 15 is 0 Å². The van der Waals surface area contributed by atoms with E-state index in [1.807, 2.05) is 0 Å². The highest BCUT2D eigenvalue weighted by Gasteiger charge is 1.82. The average Bonchev–Trinajstić information content (AvgIpc) is 1.64. The van der Waals surface area contributed by atoms with Gasteiger partial charge in [-0.1, -0.05) is 0 Å². The van der Waals surface area contributed by atoms with Crippen LogP contribution in [0.25, 0.3) is 0 Å². The molecule has 1 heterocycles. The Labute approximate surface area is 57.7 Å². The molecule has 9 heavy (non-hydrogen) atoms. The first-order valence-electron chi connectivity index (χ1n) is 2.17. The molecule has 0 aliphatic rings. The molecule has 0 aliphatic carbocycles. The van der Waals surface area contributed by atoms with Gasteiger partial charge in [0.1, 0.15) is 0 Å². The first-order valence-corrected chi connectivity index (χ1v) is 2.17. The summed E-state index contributed by atoms with van der Waals surface area (Å²) in [6.07, 6.45) is 1.49. The maximum atomic E-state index is 10.3. The summed E-state index contributed by atoms with van der Waals surface area (Å²) in [4.78, 5) is 13.8. The van der Waals surface area contributed by atoms with Gasteiger partial charge in [-0.3, -0.25) is 0 Å². The van der Waals surface area contributed by atoms with Crippen molar-refractivity contribution >= 4 is 12.4 Å². The van der Waals surface area contributed by atoms with Crippen molar-refractivity contribution < 1.29 is 0 Å². The Morgan fingerprint density at radius 1 is 1.67 bits per heavy atom. The molecule has 5 heteroatoms. The summed E-state index contributed by atoms with van der Waals surface area (Å²) in [7, 11) is 0. The Morgan fingerprint density at radius 2 is 2.33 bits per heavy atom. The maximum absolute atomic E-state index is 10.3. The van der Waals surface area contributed by atoms with Crippen molar-refractivity contribution in [3.63, 3.8) is 0 Å². The first-order chi connectivity index (χ1) is 3.79. The minimum atomic E-state index is -0.398. The van der Waals surface area contributed by atoms with Crippen LogP contribution in [-0.4, -0.2) is 15.2 Å². The topological polar surface area (TPSA) is 58.6 Å². The van der Waals surface area contributed by atoms with Gasteiger partial charge in [-0.15, -0.1) is 12.4 Å². The van der Waals surface area contributed by atoms with E-state index in [1.165, 1.54) is 6.20 Å². The quantitative estimate of drug-likeness (QED) is 0.557. The summed E-state index contributed by atoms with van der Waals surface area (Å²) in [6.45, 7) is 1.71. The van der Waals surface area contributed by atoms with E-state index in [2.05, 4.69) is 15.2 Å². The first kappa shape index (κ1) is 8.10. The van der Waals surface area contributed by atoms with E-state index in [4.69, 9.17) is 0 Å². The number of halogens is 1. The standard InChI is InChI=1S/C4H5N3O.ClH/c1-3-2-5-7-4(8)6-3;/h2H,1H3,(H,6,7,8);1H. The van der Waals surface area contributed by atoms with Gasteiger partial charge >= 0.3 is 5.69 Å². The highest BCUT2D eigenvalue weighted by atomic mass is 35.5. The summed E-state index contributed by atoms with van der Waals surface area (Å²) >= 11 is 0. The molecule has 0 fully saturated rings. The van der Waals surface area contributed by atoms with Crippen molar-refractivity contribution in [3.8, 4) is 0 Å². The fraction of sp³-hybridized carbons (Fsp3) is 0.250. The third-order valence-corrected chi connectivity index (χ3v) is 0.689.